The maximum atomic E-state index is 4.69. The molecule has 88 valence electrons. The minimum absolute atomic E-state index is 0.880. The predicted molar refractivity (Wildman–Crippen MR) is 68.8 cm³/mol. The topological polar surface area (TPSA) is 29.9 Å². The fourth-order valence-corrected chi connectivity index (χ4v) is 2.23. The maximum absolute atomic E-state index is 4.69. The van der Waals surface area contributed by atoms with Crippen molar-refractivity contribution in [3.05, 3.63) is 41.3 Å². The highest BCUT2D eigenvalue weighted by molar-refractivity contribution is 5.60. The van der Waals surface area contributed by atoms with Crippen LogP contribution in [0, 0.1) is 13.8 Å². The molecule has 0 fully saturated rings. The molecule has 17 heavy (non-hydrogen) atoms. The molecule has 0 bridgehead atoms. The second-order valence-electron chi connectivity index (χ2n) is 4.71. The fourth-order valence-electron chi connectivity index (χ4n) is 2.23. The van der Waals surface area contributed by atoms with Crippen molar-refractivity contribution in [2.75, 3.05) is 6.54 Å². The largest absolute Gasteiger partial charge is 0.332 e. The molecule has 1 aliphatic rings. The van der Waals surface area contributed by atoms with Crippen LogP contribution in [0.1, 0.15) is 17.0 Å². The number of benzene rings is 1. The Morgan fingerprint density at radius 3 is 2.88 bits per heavy atom. The summed E-state index contributed by atoms with van der Waals surface area (Å²) in [6, 6.07) is 6.54. The van der Waals surface area contributed by atoms with Crippen LogP contribution < -0.4 is 5.32 Å². The monoisotopic (exact) mass is 227 g/mol. The predicted octanol–water partition coefficient (Wildman–Crippen LogP) is 2.27. The van der Waals surface area contributed by atoms with E-state index in [0.29, 0.717) is 0 Å². The Kier molecular flexibility index (Phi) is 2.48. The van der Waals surface area contributed by atoms with Gasteiger partial charge in [0.05, 0.1) is 12.2 Å². The molecule has 0 spiro atoms. The van der Waals surface area contributed by atoms with Gasteiger partial charge in [-0.1, -0.05) is 12.1 Å². The van der Waals surface area contributed by atoms with Gasteiger partial charge < -0.3 is 9.88 Å². The highest BCUT2D eigenvalue weighted by Crippen LogP contribution is 2.22. The first-order valence-electron chi connectivity index (χ1n) is 6.08. The number of nitrogens with one attached hydrogen (secondary N) is 1. The van der Waals surface area contributed by atoms with Crippen LogP contribution in [-0.2, 0) is 13.1 Å². The highest BCUT2D eigenvalue weighted by atomic mass is 15.1. The Bertz CT molecular complexity index is 531. The zero-order valence-corrected chi connectivity index (χ0v) is 10.3. The first-order chi connectivity index (χ1) is 8.24. The number of hydrogen-bond donors (Lipinski definition) is 1. The van der Waals surface area contributed by atoms with Crippen LogP contribution in [0.15, 0.2) is 24.4 Å². The number of aryl methyl sites for hydroxylation is 2. The summed E-state index contributed by atoms with van der Waals surface area (Å²) in [5.41, 5.74) is 4.97. The maximum Gasteiger partial charge on any atom is 0.123 e. The quantitative estimate of drug-likeness (QED) is 0.810. The normalized spacial score (nSPS) is 14.7. The molecular weight excluding hydrogens is 210 g/mol. The van der Waals surface area contributed by atoms with E-state index >= 15 is 0 Å². The molecule has 0 saturated carbocycles. The van der Waals surface area contributed by atoms with E-state index in [1.165, 1.54) is 16.7 Å². The first kappa shape index (κ1) is 10.5. The summed E-state index contributed by atoms with van der Waals surface area (Å²) in [4.78, 5) is 4.69. The molecule has 0 amide bonds. The summed E-state index contributed by atoms with van der Waals surface area (Å²) in [6.07, 6.45) is 2.17. The molecule has 1 aromatic heterocycles. The second-order valence-corrected chi connectivity index (χ2v) is 4.71. The molecule has 1 aliphatic heterocycles. The fraction of sp³-hybridized carbons (Fsp3) is 0.357. The van der Waals surface area contributed by atoms with E-state index in [0.717, 1.165) is 31.2 Å². The van der Waals surface area contributed by atoms with Crippen molar-refractivity contribution in [3.63, 3.8) is 0 Å². The molecule has 2 aromatic rings. The molecule has 2 heterocycles. The van der Waals surface area contributed by atoms with E-state index < -0.39 is 0 Å². The molecule has 0 unspecified atom stereocenters. The van der Waals surface area contributed by atoms with E-state index in [9.17, 15) is 0 Å². The molecule has 1 N–H and O–H groups in total. The number of nitrogens with zero attached hydrogens (tertiary/aromatic N) is 2. The molecule has 0 radical (unpaired) electrons. The van der Waals surface area contributed by atoms with Crippen molar-refractivity contribution in [2.45, 2.75) is 26.9 Å². The van der Waals surface area contributed by atoms with Gasteiger partial charge in [-0.25, -0.2) is 4.98 Å². The Balaban J connectivity index is 2.03. The van der Waals surface area contributed by atoms with Gasteiger partial charge in [0, 0.05) is 24.8 Å². The van der Waals surface area contributed by atoms with Crippen molar-refractivity contribution in [1.82, 2.24) is 14.9 Å². The summed E-state index contributed by atoms with van der Waals surface area (Å²) in [5, 5.41) is 3.34. The number of fused-ring (bicyclic) bond motifs is 1. The van der Waals surface area contributed by atoms with Gasteiger partial charge in [-0.2, -0.15) is 0 Å². The third-order valence-electron chi connectivity index (χ3n) is 3.47. The van der Waals surface area contributed by atoms with E-state index in [2.05, 4.69) is 48.1 Å². The van der Waals surface area contributed by atoms with Gasteiger partial charge in [-0.15, -0.1) is 0 Å². The van der Waals surface area contributed by atoms with Crippen LogP contribution >= 0.6 is 0 Å². The van der Waals surface area contributed by atoms with E-state index in [-0.39, 0.29) is 0 Å². The minimum Gasteiger partial charge on any atom is -0.332 e. The highest BCUT2D eigenvalue weighted by Gasteiger charge is 2.12. The minimum atomic E-state index is 0.880. The second kappa shape index (κ2) is 4.00. The van der Waals surface area contributed by atoms with Crippen molar-refractivity contribution in [2.24, 2.45) is 0 Å². The average molecular weight is 227 g/mol. The van der Waals surface area contributed by atoms with Crippen LogP contribution in [0.5, 0.6) is 0 Å². The van der Waals surface area contributed by atoms with Crippen LogP contribution in [0.4, 0.5) is 0 Å². The van der Waals surface area contributed by atoms with E-state index in [1.54, 1.807) is 0 Å². The summed E-state index contributed by atoms with van der Waals surface area (Å²) in [6.45, 7) is 7.23. The SMILES string of the molecule is Cc1ccc(-c2cn3c(n2)CNCC3)cc1C. The summed E-state index contributed by atoms with van der Waals surface area (Å²) in [5.74, 6) is 1.14. The third kappa shape index (κ3) is 1.87. The van der Waals surface area contributed by atoms with Crippen LogP contribution in [0.3, 0.4) is 0 Å². The van der Waals surface area contributed by atoms with Gasteiger partial charge in [-0.05, 0) is 31.0 Å². The molecule has 0 saturated heterocycles. The zero-order valence-electron chi connectivity index (χ0n) is 10.3. The van der Waals surface area contributed by atoms with Gasteiger partial charge in [0.25, 0.3) is 0 Å². The van der Waals surface area contributed by atoms with Crippen molar-refractivity contribution in [3.8, 4) is 11.3 Å². The standard InChI is InChI=1S/C14H17N3/c1-10-3-4-12(7-11(10)2)13-9-17-6-5-15-8-14(17)16-13/h3-4,7,9,15H,5-6,8H2,1-2H3. The lowest BCUT2D eigenvalue weighted by Crippen LogP contribution is -2.27. The van der Waals surface area contributed by atoms with Crippen LogP contribution in [-0.4, -0.2) is 16.1 Å². The smallest absolute Gasteiger partial charge is 0.123 e. The number of imidazole rings is 1. The van der Waals surface area contributed by atoms with Crippen molar-refractivity contribution in [1.29, 1.82) is 0 Å². The zero-order chi connectivity index (χ0) is 11.8. The molecule has 3 rings (SSSR count). The molecule has 3 nitrogen and oxygen atoms in total. The Labute approximate surface area is 101 Å². The van der Waals surface area contributed by atoms with E-state index in [4.69, 9.17) is 4.98 Å². The molecule has 0 atom stereocenters. The molecule has 0 aliphatic carbocycles. The third-order valence-corrected chi connectivity index (χ3v) is 3.47. The van der Waals surface area contributed by atoms with Crippen molar-refractivity contribution < 1.29 is 0 Å². The molecule has 1 aromatic carbocycles. The van der Waals surface area contributed by atoms with Gasteiger partial charge in [0.2, 0.25) is 0 Å². The Morgan fingerprint density at radius 1 is 1.24 bits per heavy atom. The summed E-state index contributed by atoms with van der Waals surface area (Å²) in [7, 11) is 0. The van der Waals surface area contributed by atoms with Gasteiger partial charge in [0.1, 0.15) is 5.82 Å². The number of aromatic nitrogens is 2. The Hall–Kier alpha value is -1.61. The summed E-state index contributed by atoms with van der Waals surface area (Å²) >= 11 is 0. The van der Waals surface area contributed by atoms with Gasteiger partial charge in [-0.3, -0.25) is 0 Å². The van der Waals surface area contributed by atoms with E-state index in [1.807, 2.05) is 0 Å². The Morgan fingerprint density at radius 2 is 2.12 bits per heavy atom. The lowest BCUT2D eigenvalue weighted by atomic mass is 10.0. The lowest BCUT2D eigenvalue weighted by molar-refractivity contribution is 0.505. The molecule has 3 heteroatoms. The van der Waals surface area contributed by atoms with Gasteiger partial charge in [0.15, 0.2) is 0 Å². The van der Waals surface area contributed by atoms with Crippen LogP contribution in [0.25, 0.3) is 11.3 Å². The van der Waals surface area contributed by atoms with Crippen molar-refractivity contribution >= 4 is 0 Å². The molecular formula is C14H17N3. The summed E-state index contributed by atoms with van der Waals surface area (Å²) < 4.78 is 2.25. The average Bonchev–Trinajstić information content (AvgIpc) is 2.76. The lowest BCUT2D eigenvalue weighted by Gasteiger charge is -2.13. The van der Waals surface area contributed by atoms with Gasteiger partial charge >= 0.3 is 0 Å². The first-order valence-corrected chi connectivity index (χ1v) is 6.08. The van der Waals surface area contributed by atoms with Crippen LogP contribution in [0.2, 0.25) is 0 Å². The number of rotatable bonds is 1. The number of hydrogen-bond acceptors (Lipinski definition) is 2.